The lowest BCUT2D eigenvalue weighted by Crippen LogP contribution is -2.29. The van der Waals surface area contributed by atoms with Gasteiger partial charge in [0, 0.05) is 16.5 Å². The van der Waals surface area contributed by atoms with Crippen LogP contribution in [0.5, 0.6) is 5.75 Å². The zero-order valence-electron chi connectivity index (χ0n) is 10.5. The summed E-state index contributed by atoms with van der Waals surface area (Å²) < 4.78 is 19.1. The highest BCUT2D eigenvalue weighted by molar-refractivity contribution is 7.10. The standard InChI is InChI=1S/C13H14ClFN2OS/c1-7-6-19-13(11(7)14)12(17-16)9-4-3-8(18-2)5-10(9)15/h3-6,12,17H,16H2,1-2H3. The van der Waals surface area contributed by atoms with Crippen molar-refractivity contribution >= 4 is 22.9 Å². The summed E-state index contributed by atoms with van der Waals surface area (Å²) >= 11 is 7.66. The molecule has 0 saturated heterocycles. The molecule has 0 radical (unpaired) electrons. The molecule has 6 heteroatoms. The van der Waals surface area contributed by atoms with Crippen LogP contribution >= 0.6 is 22.9 Å². The van der Waals surface area contributed by atoms with Gasteiger partial charge in [-0.05, 0) is 23.9 Å². The van der Waals surface area contributed by atoms with E-state index in [4.69, 9.17) is 22.2 Å². The number of benzene rings is 1. The number of halogens is 2. The van der Waals surface area contributed by atoms with Gasteiger partial charge in [-0.2, -0.15) is 0 Å². The molecular formula is C13H14ClFN2OS. The maximum atomic E-state index is 14.1. The second kappa shape index (κ2) is 5.88. The predicted octanol–water partition coefficient (Wildman–Crippen LogP) is 3.41. The van der Waals surface area contributed by atoms with Crippen LogP contribution in [-0.2, 0) is 0 Å². The van der Waals surface area contributed by atoms with Gasteiger partial charge in [0.15, 0.2) is 0 Å². The number of nitrogens with one attached hydrogen (secondary N) is 1. The fraction of sp³-hybridized carbons (Fsp3) is 0.231. The highest BCUT2D eigenvalue weighted by Gasteiger charge is 2.22. The van der Waals surface area contributed by atoms with Crippen molar-refractivity contribution in [1.29, 1.82) is 0 Å². The van der Waals surface area contributed by atoms with Crippen LogP contribution in [0.4, 0.5) is 4.39 Å². The Kier molecular flexibility index (Phi) is 4.42. The van der Waals surface area contributed by atoms with E-state index in [2.05, 4.69) is 5.43 Å². The van der Waals surface area contributed by atoms with Gasteiger partial charge in [0.1, 0.15) is 11.6 Å². The van der Waals surface area contributed by atoms with Gasteiger partial charge >= 0.3 is 0 Å². The maximum Gasteiger partial charge on any atom is 0.132 e. The molecule has 0 saturated carbocycles. The molecule has 0 aliphatic rings. The van der Waals surface area contributed by atoms with E-state index in [9.17, 15) is 4.39 Å². The van der Waals surface area contributed by atoms with E-state index >= 15 is 0 Å². The van der Waals surface area contributed by atoms with Crippen LogP contribution < -0.4 is 16.0 Å². The van der Waals surface area contributed by atoms with Gasteiger partial charge in [-0.1, -0.05) is 17.7 Å². The van der Waals surface area contributed by atoms with Crippen molar-refractivity contribution in [2.45, 2.75) is 13.0 Å². The van der Waals surface area contributed by atoms with Crippen LogP contribution in [0.15, 0.2) is 23.6 Å². The molecule has 2 aromatic rings. The Balaban J connectivity index is 2.45. The molecule has 1 unspecified atom stereocenters. The second-order valence-electron chi connectivity index (χ2n) is 4.08. The maximum absolute atomic E-state index is 14.1. The minimum Gasteiger partial charge on any atom is -0.497 e. The number of thiophene rings is 1. The Labute approximate surface area is 120 Å². The van der Waals surface area contributed by atoms with Crippen LogP contribution in [0.3, 0.4) is 0 Å². The first-order chi connectivity index (χ1) is 9.08. The smallest absolute Gasteiger partial charge is 0.132 e. The zero-order chi connectivity index (χ0) is 14.0. The highest BCUT2D eigenvalue weighted by atomic mass is 35.5. The average Bonchev–Trinajstić information content (AvgIpc) is 2.73. The minimum absolute atomic E-state index is 0.385. The lowest BCUT2D eigenvalue weighted by atomic mass is 10.0. The normalized spacial score (nSPS) is 12.5. The topological polar surface area (TPSA) is 47.3 Å². The van der Waals surface area contributed by atoms with E-state index in [1.165, 1.54) is 24.5 Å². The first-order valence-corrected chi connectivity index (χ1v) is 6.87. The van der Waals surface area contributed by atoms with Crippen molar-refractivity contribution in [3.8, 4) is 5.75 Å². The Morgan fingerprint density at radius 3 is 2.68 bits per heavy atom. The molecule has 1 heterocycles. The van der Waals surface area contributed by atoms with Crippen molar-refractivity contribution in [3.05, 3.63) is 50.4 Å². The fourth-order valence-corrected chi connectivity index (χ4v) is 3.20. The van der Waals surface area contributed by atoms with Crippen LogP contribution in [0.2, 0.25) is 5.02 Å². The average molecular weight is 301 g/mol. The van der Waals surface area contributed by atoms with Gasteiger partial charge < -0.3 is 4.74 Å². The number of aryl methyl sites for hydroxylation is 1. The first-order valence-electron chi connectivity index (χ1n) is 5.61. The van der Waals surface area contributed by atoms with Gasteiger partial charge in [-0.25, -0.2) is 9.82 Å². The molecule has 3 N–H and O–H groups in total. The molecule has 0 spiro atoms. The van der Waals surface area contributed by atoms with Crippen molar-refractivity contribution < 1.29 is 9.13 Å². The van der Waals surface area contributed by atoms with Gasteiger partial charge in [-0.15, -0.1) is 11.3 Å². The van der Waals surface area contributed by atoms with Crippen LogP contribution in [0.1, 0.15) is 22.0 Å². The van der Waals surface area contributed by atoms with E-state index in [0.29, 0.717) is 16.3 Å². The molecule has 0 fully saturated rings. The summed E-state index contributed by atoms with van der Waals surface area (Å²) in [5, 5.41) is 2.53. The number of hydrazine groups is 1. The van der Waals surface area contributed by atoms with Crippen LogP contribution in [0, 0.1) is 12.7 Å². The molecular weight excluding hydrogens is 287 g/mol. The number of hydrogen-bond acceptors (Lipinski definition) is 4. The van der Waals surface area contributed by atoms with Gasteiger partial charge in [0.25, 0.3) is 0 Å². The molecule has 0 bridgehead atoms. The van der Waals surface area contributed by atoms with Gasteiger partial charge in [0.05, 0.1) is 18.2 Å². The lowest BCUT2D eigenvalue weighted by molar-refractivity contribution is 0.410. The molecule has 1 aromatic heterocycles. The quantitative estimate of drug-likeness (QED) is 0.672. The van der Waals surface area contributed by atoms with Gasteiger partial charge in [0.2, 0.25) is 0 Å². The van der Waals surface area contributed by atoms with E-state index in [0.717, 1.165) is 10.4 Å². The van der Waals surface area contributed by atoms with E-state index in [-0.39, 0.29) is 5.82 Å². The first kappa shape index (κ1) is 14.3. The third kappa shape index (κ3) is 2.74. The third-order valence-corrected chi connectivity index (χ3v) is 4.65. The third-order valence-electron chi connectivity index (χ3n) is 2.87. The molecule has 2 rings (SSSR count). The summed E-state index contributed by atoms with van der Waals surface area (Å²) in [4.78, 5) is 0.797. The number of nitrogens with two attached hydrogens (primary N) is 1. The zero-order valence-corrected chi connectivity index (χ0v) is 12.1. The summed E-state index contributed by atoms with van der Waals surface area (Å²) in [6.45, 7) is 1.90. The second-order valence-corrected chi connectivity index (χ2v) is 5.37. The predicted molar refractivity (Wildman–Crippen MR) is 76.2 cm³/mol. The van der Waals surface area contributed by atoms with E-state index in [1.807, 2.05) is 12.3 Å². The molecule has 1 atom stereocenters. The molecule has 0 aliphatic heterocycles. The van der Waals surface area contributed by atoms with Crippen molar-refractivity contribution in [2.75, 3.05) is 7.11 Å². The Hall–Kier alpha value is -1.14. The van der Waals surface area contributed by atoms with Crippen molar-refractivity contribution in [1.82, 2.24) is 5.43 Å². The highest BCUT2D eigenvalue weighted by Crippen LogP contribution is 2.36. The molecule has 19 heavy (non-hydrogen) atoms. The Bertz CT molecular complexity index is 588. The summed E-state index contributed by atoms with van der Waals surface area (Å²) in [5.74, 6) is 5.63. The fourth-order valence-electron chi connectivity index (χ4n) is 1.82. The van der Waals surface area contributed by atoms with Crippen LogP contribution in [-0.4, -0.2) is 7.11 Å². The summed E-state index contributed by atoms with van der Waals surface area (Å²) in [5.41, 5.74) is 4.00. The van der Waals surface area contributed by atoms with Crippen molar-refractivity contribution in [2.24, 2.45) is 5.84 Å². The number of ether oxygens (including phenoxy) is 1. The molecule has 0 aliphatic carbocycles. The van der Waals surface area contributed by atoms with Crippen molar-refractivity contribution in [3.63, 3.8) is 0 Å². The number of methoxy groups -OCH3 is 1. The Morgan fingerprint density at radius 1 is 1.47 bits per heavy atom. The Morgan fingerprint density at radius 2 is 2.21 bits per heavy atom. The minimum atomic E-state index is -0.475. The monoisotopic (exact) mass is 300 g/mol. The lowest BCUT2D eigenvalue weighted by Gasteiger charge is -2.17. The van der Waals surface area contributed by atoms with E-state index in [1.54, 1.807) is 12.1 Å². The largest absolute Gasteiger partial charge is 0.497 e. The molecule has 3 nitrogen and oxygen atoms in total. The summed E-state index contributed by atoms with van der Waals surface area (Å²) in [6.07, 6.45) is 0. The summed E-state index contributed by atoms with van der Waals surface area (Å²) in [7, 11) is 1.49. The SMILES string of the molecule is COc1ccc(C(NN)c2scc(C)c2Cl)c(F)c1. The molecule has 1 aromatic carbocycles. The van der Waals surface area contributed by atoms with Gasteiger partial charge in [-0.3, -0.25) is 5.84 Å². The number of hydrogen-bond donors (Lipinski definition) is 2. The number of rotatable bonds is 4. The molecule has 0 amide bonds. The van der Waals surface area contributed by atoms with E-state index < -0.39 is 6.04 Å². The summed E-state index contributed by atoms with van der Waals surface area (Å²) in [6, 6.07) is 4.19. The van der Waals surface area contributed by atoms with Crippen LogP contribution in [0.25, 0.3) is 0 Å². The molecule has 102 valence electrons.